The van der Waals surface area contributed by atoms with Gasteiger partial charge in [0.2, 0.25) is 0 Å². The summed E-state index contributed by atoms with van der Waals surface area (Å²) in [6, 6.07) is 12.7. The van der Waals surface area contributed by atoms with Crippen molar-refractivity contribution < 1.29 is 4.39 Å². The third kappa shape index (κ3) is 3.09. The van der Waals surface area contributed by atoms with Crippen LogP contribution in [0.1, 0.15) is 22.7 Å². The van der Waals surface area contributed by atoms with Crippen molar-refractivity contribution in [3.05, 3.63) is 70.0 Å². The number of hydrogen-bond donors (Lipinski definition) is 1. The molecule has 0 amide bonds. The number of nitrogens with two attached hydrogens (primary N) is 1. The van der Waals surface area contributed by atoms with Crippen LogP contribution in [0.3, 0.4) is 0 Å². The van der Waals surface area contributed by atoms with Crippen molar-refractivity contribution in [3.8, 4) is 0 Å². The van der Waals surface area contributed by atoms with Gasteiger partial charge in [0.1, 0.15) is 5.82 Å². The second-order valence-electron chi connectivity index (χ2n) is 4.47. The standard InChI is InChI=1S/C15H15ClFN/c1-10-3-2-4-11(7-10)8-15(18)12-5-6-14(17)13(16)9-12/h2-7,9,15H,8,18H2,1H3. The van der Waals surface area contributed by atoms with Crippen molar-refractivity contribution in [2.45, 2.75) is 19.4 Å². The molecule has 18 heavy (non-hydrogen) atoms. The first-order valence-electron chi connectivity index (χ1n) is 5.82. The maximum atomic E-state index is 13.1. The predicted octanol–water partition coefficient (Wildman–Crippen LogP) is 4.03. The van der Waals surface area contributed by atoms with E-state index in [1.807, 2.05) is 25.1 Å². The van der Waals surface area contributed by atoms with Crippen LogP contribution in [0.25, 0.3) is 0 Å². The highest BCUT2D eigenvalue weighted by molar-refractivity contribution is 6.30. The van der Waals surface area contributed by atoms with Crippen molar-refractivity contribution in [2.75, 3.05) is 0 Å². The molecule has 0 aromatic heterocycles. The average molecular weight is 264 g/mol. The summed E-state index contributed by atoms with van der Waals surface area (Å²) in [6.07, 6.45) is 0.712. The van der Waals surface area contributed by atoms with Crippen molar-refractivity contribution >= 4 is 11.6 Å². The van der Waals surface area contributed by atoms with Gasteiger partial charge < -0.3 is 5.73 Å². The smallest absolute Gasteiger partial charge is 0.141 e. The van der Waals surface area contributed by atoms with E-state index in [-0.39, 0.29) is 11.1 Å². The Hall–Kier alpha value is -1.38. The molecule has 0 aliphatic carbocycles. The van der Waals surface area contributed by atoms with E-state index < -0.39 is 5.82 Å². The molecule has 0 saturated carbocycles. The third-order valence-electron chi connectivity index (χ3n) is 2.91. The molecule has 0 aliphatic heterocycles. The number of hydrogen-bond acceptors (Lipinski definition) is 1. The van der Waals surface area contributed by atoms with E-state index in [1.165, 1.54) is 17.2 Å². The van der Waals surface area contributed by atoms with E-state index in [9.17, 15) is 4.39 Å². The fourth-order valence-corrected chi connectivity index (χ4v) is 2.14. The van der Waals surface area contributed by atoms with E-state index in [0.717, 1.165) is 5.56 Å². The second-order valence-corrected chi connectivity index (χ2v) is 4.88. The van der Waals surface area contributed by atoms with Crippen molar-refractivity contribution in [1.82, 2.24) is 0 Å². The summed E-state index contributed by atoms with van der Waals surface area (Å²) in [4.78, 5) is 0. The summed E-state index contributed by atoms with van der Waals surface area (Å²) in [5.74, 6) is -0.414. The van der Waals surface area contributed by atoms with E-state index in [2.05, 4.69) is 6.07 Å². The molecule has 0 saturated heterocycles. The Morgan fingerprint density at radius 2 is 2.00 bits per heavy atom. The quantitative estimate of drug-likeness (QED) is 0.889. The van der Waals surface area contributed by atoms with Gasteiger partial charge >= 0.3 is 0 Å². The maximum absolute atomic E-state index is 13.1. The number of rotatable bonds is 3. The fraction of sp³-hybridized carbons (Fsp3) is 0.200. The van der Waals surface area contributed by atoms with Gasteiger partial charge in [-0.3, -0.25) is 0 Å². The average Bonchev–Trinajstić information content (AvgIpc) is 2.32. The van der Waals surface area contributed by atoms with Crippen LogP contribution in [-0.2, 0) is 6.42 Å². The van der Waals surface area contributed by atoms with Gasteiger partial charge in [-0.25, -0.2) is 4.39 Å². The molecule has 1 nitrogen and oxygen atoms in total. The summed E-state index contributed by atoms with van der Waals surface area (Å²) in [5.41, 5.74) is 9.34. The highest BCUT2D eigenvalue weighted by Gasteiger charge is 2.09. The summed E-state index contributed by atoms with van der Waals surface area (Å²) >= 11 is 5.76. The van der Waals surface area contributed by atoms with Crippen LogP contribution in [0.15, 0.2) is 42.5 Å². The zero-order valence-corrected chi connectivity index (χ0v) is 10.9. The molecular weight excluding hydrogens is 249 g/mol. The number of benzene rings is 2. The Bertz CT molecular complexity index is 554. The minimum absolute atomic E-state index is 0.118. The van der Waals surface area contributed by atoms with Crippen LogP contribution in [0, 0.1) is 12.7 Å². The Morgan fingerprint density at radius 3 is 2.67 bits per heavy atom. The molecule has 2 N–H and O–H groups in total. The molecule has 0 fully saturated rings. The first kappa shape index (κ1) is 13.1. The van der Waals surface area contributed by atoms with Crippen molar-refractivity contribution in [2.24, 2.45) is 5.73 Å². The Kier molecular flexibility index (Phi) is 4.00. The zero-order valence-electron chi connectivity index (χ0n) is 10.2. The van der Waals surface area contributed by atoms with Crippen LogP contribution in [0.2, 0.25) is 5.02 Å². The Labute approximate surface area is 111 Å². The van der Waals surface area contributed by atoms with E-state index in [0.29, 0.717) is 6.42 Å². The van der Waals surface area contributed by atoms with Gasteiger partial charge in [0.05, 0.1) is 5.02 Å². The molecule has 0 bridgehead atoms. The lowest BCUT2D eigenvalue weighted by molar-refractivity contribution is 0.625. The van der Waals surface area contributed by atoms with Crippen LogP contribution in [0.4, 0.5) is 4.39 Å². The monoisotopic (exact) mass is 263 g/mol. The van der Waals surface area contributed by atoms with E-state index in [1.54, 1.807) is 12.1 Å². The topological polar surface area (TPSA) is 26.0 Å². The van der Waals surface area contributed by atoms with E-state index >= 15 is 0 Å². The molecule has 0 aliphatic rings. The highest BCUT2D eigenvalue weighted by atomic mass is 35.5. The molecule has 1 atom stereocenters. The van der Waals surface area contributed by atoms with Crippen LogP contribution < -0.4 is 5.73 Å². The summed E-state index contributed by atoms with van der Waals surface area (Å²) < 4.78 is 13.1. The first-order chi connectivity index (χ1) is 8.56. The predicted molar refractivity (Wildman–Crippen MR) is 73.2 cm³/mol. The minimum Gasteiger partial charge on any atom is -0.324 e. The van der Waals surface area contributed by atoms with Gasteiger partial charge in [0.15, 0.2) is 0 Å². The fourth-order valence-electron chi connectivity index (χ4n) is 1.95. The molecular formula is C15H15ClFN. The number of halogens is 2. The second kappa shape index (κ2) is 5.51. The molecule has 2 aromatic carbocycles. The van der Waals surface area contributed by atoms with Gasteiger partial charge in [0, 0.05) is 6.04 Å². The SMILES string of the molecule is Cc1cccc(CC(N)c2ccc(F)c(Cl)c2)c1. The summed E-state index contributed by atoms with van der Waals surface area (Å²) in [7, 11) is 0. The molecule has 94 valence electrons. The molecule has 2 aromatic rings. The lowest BCUT2D eigenvalue weighted by Crippen LogP contribution is -2.13. The maximum Gasteiger partial charge on any atom is 0.141 e. The normalized spacial score (nSPS) is 12.4. The van der Waals surface area contributed by atoms with Gasteiger partial charge in [-0.05, 0) is 36.6 Å². The van der Waals surface area contributed by atoms with Gasteiger partial charge in [-0.2, -0.15) is 0 Å². The highest BCUT2D eigenvalue weighted by Crippen LogP contribution is 2.22. The van der Waals surface area contributed by atoms with Crippen molar-refractivity contribution in [1.29, 1.82) is 0 Å². The largest absolute Gasteiger partial charge is 0.324 e. The summed E-state index contributed by atoms with van der Waals surface area (Å²) in [6.45, 7) is 2.05. The van der Waals surface area contributed by atoms with Gasteiger partial charge in [-0.15, -0.1) is 0 Å². The third-order valence-corrected chi connectivity index (χ3v) is 3.20. The molecule has 2 rings (SSSR count). The Morgan fingerprint density at radius 1 is 1.22 bits per heavy atom. The molecule has 0 radical (unpaired) electrons. The zero-order chi connectivity index (χ0) is 13.1. The lowest BCUT2D eigenvalue weighted by Gasteiger charge is -2.13. The summed E-state index contributed by atoms with van der Waals surface area (Å²) in [5, 5.41) is 0.118. The van der Waals surface area contributed by atoms with Crippen molar-refractivity contribution in [3.63, 3.8) is 0 Å². The van der Waals surface area contributed by atoms with Gasteiger partial charge in [-0.1, -0.05) is 47.5 Å². The molecule has 3 heteroatoms. The Balaban J connectivity index is 2.16. The van der Waals surface area contributed by atoms with E-state index in [4.69, 9.17) is 17.3 Å². The first-order valence-corrected chi connectivity index (χ1v) is 6.20. The molecule has 1 unspecified atom stereocenters. The van der Waals surface area contributed by atoms with Crippen LogP contribution >= 0.6 is 11.6 Å². The molecule has 0 spiro atoms. The number of aryl methyl sites for hydroxylation is 1. The minimum atomic E-state index is -0.414. The van der Waals surface area contributed by atoms with Crippen LogP contribution in [0.5, 0.6) is 0 Å². The molecule has 0 heterocycles. The lowest BCUT2D eigenvalue weighted by atomic mass is 9.99. The van der Waals surface area contributed by atoms with Gasteiger partial charge in [0.25, 0.3) is 0 Å². The van der Waals surface area contributed by atoms with Crippen LogP contribution in [-0.4, -0.2) is 0 Å².